The molecule has 1 unspecified atom stereocenters. The Bertz CT molecular complexity index is 556. The first-order chi connectivity index (χ1) is 9.66. The van der Waals surface area contributed by atoms with E-state index in [2.05, 4.69) is 5.32 Å². The predicted octanol–water partition coefficient (Wildman–Crippen LogP) is 3.40. The molecular weight excluding hydrogens is 294 g/mol. The normalized spacial score (nSPS) is 12.2. The Balaban J connectivity index is 1.83. The summed E-state index contributed by atoms with van der Waals surface area (Å²) in [5.41, 5.74) is 0.826. The van der Waals surface area contributed by atoms with Crippen LogP contribution >= 0.6 is 22.9 Å². The van der Waals surface area contributed by atoms with E-state index in [4.69, 9.17) is 11.6 Å². The van der Waals surface area contributed by atoms with Gasteiger partial charge in [0.25, 0.3) is 0 Å². The van der Waals surface area contributed by atoms with Crippen LogP contribution in [0.3, 0.4) is 0 Å². The van der Waals surface area contributed by atoms with Crippen LogP contribution in [0, 0.1) is 0 Å². The molecule has 0 aliphatic heterocycles. The van der Waals surface area contributed by atoms with Gasteiger partial charge in [-0.15, -0.1) is 11.3 Å². The van der Waals surface area contributed by atoms with Crippen LogP contribution in [0.4, 0.5) is 0 Å². The van der Waals surface area contributed by atoms with E-state index in [9.17, 15) is 9.90 Å². The zero-order chi connectivity index (χ0) is 14.4. The highest BCUT2D eigenvalue weighted by atomic mass is 35.5. The van der Waals surface area contributed by atoms with Gasteiger partial charge >= 0.3 is 5.97 Å². The Morgan fingerprint density at radius 3 is 2.60 bits per heavy atom. The minimum Gasteiger partial charge on any atom is -0.481 e. The van der Waals surface area contributed by atoms with E-state index in [0.717, 1.165) is 22.9 Å². The van der Waals surface area contributed by atoms with Gasteiger partial charge in [0.2, 0.25) is 0 Å². The van der Waals surface area contributed by atoms with Crippen molar-refractivity contribution in [3.05, 3.63) is 57.2 Å². The molecule has 0 spiro atoms. The summed E-state index contributed by atoms with van der Waals surface area (Å²) in [5, 5.41) is 12.5. The highest BCUT2D eigenvalue weighted by Gasteiger charge is 2.18. The van der Waals surface area contributed by atoms with Crippen LogP contribution < -0.4 is 5.32 Å². The van der Waals surface area contributed by atoms with Crippen molar-refractivity contribution >= 4 is 28.9 Å². The molecule has 1 aromatic carbocycles. The van der Waals surface area contributed by atoms with Crippen molar-refractivity contribution in [2.45, 2.75) is 12.3 Å². The Morgan fingerprint density at radius 1 is 1.25 bits per heavy atom. The fourth-order valence-corrected chi connectivity index (χ4v) is 3.06. The maximum atomic E-state index is 11.3. The van der Waals surface area contributed by atoms with Gasteiger partial charge in [-0.05, 0) is 30.7 Å². The summed E-state index contributed by atoms with van der Waals surface area (Å²) in [6.07, 6.45) is 0.860. The van der Waals surface area contributed by atoms with Crippen molar-refractivity contribution in [1.29, 1.82) is 0 Å². The second-order valence-corrected chi connectivity index (χ2v) is 6.26. The summed E-state index contributed by atoms with van der Waals surface area (Å²) < 4.78 is 0.785. The topological polar surface area (TPSA) is 49.3 Å². The van der Waals surface area contributed by atoms with E-state index < -0.39 is 11.9 Å². The first-order valence-corrected chi connectivity index (χ1v) is 7.59. The molecule has 0 aliphatic rings. The number of carbonyl (C=O) groups is 1. The number of benzene rings is 1. The first-order valence-electron chi connectivity index (χ1n) is 6.39. The number of rotatable bonds is 7. The molecule has 0 bridgehead atoms. The number of carboxylic acids is 1. The maximum absolute atomic E-state index is 11.3. The van der Waals surface area contributed by atoms with Crippen molar-refractivity contribution in [1.82, 2.24) is 5.32 Å². The SMILES string of the molecule is O=C(O)C(CNCCc1ccc(Cl)s1)c1ccccc1. The fraction of sp³-hybridized carbons (Fsp3) is 0.267. The Hall–Kier alpha value is -1.36. The summed E-state index contributed by atoms with van der Waals surface area (Å²) in [6.45, 7) is 1.17. The molecule has 1 aromatic heterocycles. The lowest BCUT2D eigenvalue weighted by atomic mass is 9.99. The number of hydrogen-bond donors (Lipinski definition) is 2. The summed E-state index contributed by atoms with van der Waals surface area (Å²) >= 11 is 7.42. The van der Waals surface area contributed by atoms with Gasteiger partial charge in [0.15, 0.2) is 0 Å². The third kappa shape index (κ3) is 4.34. The summed E-state index contributed by atoms with van der Waals surface area (Å²) in [4.78, 5) is 12.5. The number of hydrogen-bond acceptors (Lipinski definition) is 3. The van der Waals surface area contributed by atoms with Gasteiger partial charge in [-0.1, -0.05) is 41.9 Å². The van der Waals surface area contributed by atoms with Gasteiger partial charge in [0, 0.05) is 11.4 Å². The highest BCUT2D eigenvalue weighted by molar-refractivity contribution is 7.16. The monoisotopic (exact) mass is 309 g/mol. The molecule has 20 heavy (non-hydrogen) atoms. The number of carboxylic acid groups (broad SMARTS) is 1. The summed E-state index contributed by atoms with van der Waals surface area (Å²) in [7, 11) is 0. The molecule has 5 heteroatoms. The number of halogens is 1. The molecule has 1 heterocycles. The Morgan fingerprint density at radius 2 is 2.00 bits per heavy atom. The molecule has 1 atom stereocenters. The molecule has 106 valence electrons. The number of aliphatic carboxylic acids is 1. The molecule has 2 aromatic rings. The highest BCUT2D eigenvalue weighted by Crippen LogP contribution is 2.21. The van der Waals surface area contributed by atoms with Gasteiger partial charge in [0.05, 0.1) is 10.3 Å². The Kier molecular flexibility index (Phi) is 5.59. The molecule has 0 saturated carbocycles. The third-order valence-corrected chi connectivity index (χ3v) is 4.32. The zero-order valence-electron chi connectivity index (χ0n) is 10.9. The van der Waals surface area contributed by atoms with Crippen LogP contribution in [-0.2, 0) is 11.2 Å². The second kappa shape index (κ2) is 7.43. The number of nitrogens with one attached hydrogen (secondary N) is 1. The van der Waals surface area contributed by atoms with Gasteiger partial charge in [-0.3, -0.25) is 4.79 Å². The van der Waals surface area contributed by atoms with Crippen molar-refractivity contribution in [3.8, 4) is 0 Å². The largest absolute Gasteiger partial charge is 0.481 e. The standard InChI is InChI=1S/C15H16ClNO2S/c16-14-7-6-12(20-14)8-9-17-10-13(15(18)19)11-4-2-1-3-5-11/h1-7,13,17H,8-10H2,(H,18,19). The quantitative estimate of drug-likeness (QED) is 0.771. The van der Waals surface area contributed by atoms with E-state index in [1.165, 1.54) is 4.88 Å². The molecule has 0 saturated heterocycles. The van der Waals surface area contributed by atoms with Gasteiger partial charge in [-0.25, -0.2) is 0 Å². The first kappa shape index (κ1) is 15.0. The van der Waals surface area contributed by atoms with Crippen molar-refractivity contribution in [3.63, 3.8) is 0 Å². The summed E-state index contributed by atoms with van der Waals surface area (Å²) in [5.74, 6) is -1.31. The van der Waals surface area contributed by atoms with Crippen molar-refractivity contribution < 1.29 is 9.90 Å². The van der Waals surface area contributed by atoms with Crippen LogP contribution in [0.5, 0.6) is 0 Å². The molecule has 2 rings (SSSR count). The van der Waals surface area contributed by atoms with Crippen LogP contribution in [-0.4, -0.2) is 24.2 Å². The van der Waals surface area contributed by atoms with E-state index >= 15 is 0 Å². The Labute approximate surface area is 127 Å². The molecule has 0 amide bonds. The molecule has 2 N–H and O–H groups in total. The van der Waals surface area contributed by atoms with Crippen molar-refractivity contribution in [2.24, 2.45) is 0 Å². The average molecular weight is 310 g/mol. The summed E-state index contributed by atoms with van der Waals surface area (Å²) in [6, 6.07) is 13.2. The molecule has 0 aliphatic carbocycles. The number of thiophene rings is 1. The minimum atomic E-state index is -0.803. The van der Waals surface area contributed by atoms with Crippen LogP contribution in [0.2, 0.25) is 4.34 Å². The van der Waals surface area contributed by atoms with E-state index in [1.54, 1.807) is 11.3 Å². The fourth-order valence-electron chi connectivity index (χ4n) is 1.98. The van der Waals surface area contributed by atoms with Crippen LogP contribution in [0.15, 0.2) is 42.5 Å². The molecular formula is C15H16ClNO2S. The smallest absolute Gasteiger partial charge is 0.312 e. The van der Waals surface area contributed by atoms with E-state index in [0.29, 0.717) is 6.54 Å². The lowest BCUT2D eigenvalue weighted by Crippen LogP contribution is -2.28. The molecule has 3 nitrogen and oxygen atoms in total. The predicted molar refractivity (Wildman–Crippen MR) is 82.7 cm³/mol. The van der Waals surface area contributed by atoms with Gasteiger partial charge in [-0.2, -0.15) is 0 Å². The van der Waals surface area contributed by atoms with Gasteiger partial charge in [0.1, 0.15) is 0 Å². The molecule has 0 fully saturated rings. The van der Waals surface area contributed by atoms with Crippen LogP contribution in [0.25, 0.3) is 0 Å². The lowest BCUT2D eigenvalue weighted by Gasteiger charge is -2.13. The van der Waals surface area contributed by atoms with Crippen molar-refractivity contribution in [2.75, 3.05) is 13.1 Å². The van der Waals surface area contributed by atoms with Gasteiger partial charge < -0.3 is 10.4 Å². The van der Waals surface area contributed by atoms with E-state index in [1.807, 2.05) is 42.5 Å². The maximum Gasteiger partial charge on any atom is 0.312 e. The van der Waals surface area contributed by atoms with Crippen LogP contribution in [0.1, 0.15) is 16.4 Å². The lowest BCUT2D eigenvalue weighted by molar-refractivity contribution is -0.138. The average Bonchev–Trinajstić information content (AvgIpc) is 2.85. The minimum absolute atomic E-state index is 0.429. The third-order valence-electron chi connectivity index (χ3n) is 3.03. The second-order valence-electron chi connectivity index (χ2n) is 4.46. The zero-order valence-corrected chi connectivity index (χ0v) is 12.5. The molecule has 0 radical (unpaired) electrons. The van der Waals surface area contributed by atoms with E-state index in [-0.39, 0.29) is 0 Å².